The number of carbonyl (C=O) groups is 3. The molecule has 0 bridgehead atoms. The van der Waals surface area contributed by atoms with E-state index in [1.165, 1.54) is 17.8 Å². The molecule has 9 nitrogen and oxygen atoms in total. The van der Waals surface area contributed by atoms with E-state index in [2.05, 4.69) is 16.5 Å². The van der Waals surface area contributed by atoms with Crippen LogP contribution < -0.4 is 5.32 Å². The smallest absolute Gasteiger partial charge is 0.262 e. The van der Waals surface area contributed by atoms with Crippen molar-refractivity contribution in [1.29, 1.82) is 5.26 Å². The summed E-state index contributed by atoms with van der Waals surface area (Å²) < 4.78 is 1.39. The molecular formula is C27H22N6O3. The van der Waals surface area contributed by atoms with E-state index in [-0.39, 0.29) is 22.5 Å². The van der Waals surface area contributed by atoms with Gasteiger partial charge in [0.25, 0.3) is 11.8 Å². The minimum absolute atomic E-state index is 0.113. The molecule has 3 amide bonds. The lowest BCUT2D eigenvalue weighted by atomic mass is 10.0. The summed E-state index contributed by atoms with van der Waals surface area (Å²) in [5.41, 5.74) is 4.51. The number of nitriles is 1. The van der Waals surface area contributed by atoms with Crippen molar-refractivity contribution in [3.05, 3.63) is 82.0 Å². The van der Waals surface area contributed by atoms with E-state index in [9.17, 15) is 19.6 Å². The predicted molar refractivity (Wildman–Crippen MR) is 133 cm³/mol. The van der Waals surface area contributed by atoms with E-state index in [4.69, 9.17) is 4.98 Å². The minimum Gasteiger partial charge on any atom is -0.308 e. The van der Waals surface area contributed by atoms with Crippen LogP contribution in [0.3, 0.4) is 0 Å². The number of pyridine rings is 1. The summed E-state index contributed by atoms with van der Waals surface area (Å²) in [6, 6.07) is 13.3. The normalized spacial score (nSPS) is 13.6. The zero-order valence-corrected chi connectivity index (χ0v) is 20.2. The van der Waals surface area contributed by atoms with Gasteiger partial charge < -0.3 is 5.32 Å². The van der Waals surface area contributed by atoms with E-state index < -0.39 is 23.8 Å². The van der Waals surface area contributed by atoms with Crippen LogP contribution in [0.15, 0.2) is 48.7 Å². The number of nitrogens with one attached hydrogen (secondary N) is 1. The van der Waals surface area contributed by atoms with Gasteiger partial charge in [0, 0.05) is 5.39 Å². The number of hydrogen-bond donors (Lipinski definition) is 1. The Morgan fingerprint density at radius 1 is 1.03 bits per heavy atom. The summed E-state index contributed by atoms with van der Waals surface area (Å²) in [4.78, 5) is 44.6. The molecule has 2 aromatic heterocycles. The van der Waals surface area contributed by atoms with Crippen molar-refractivity contribution in [2.24, 2.45) is 0 Å². The van der Waals surface area contributed by atoms with Crippen LogP contribution in [0.1, 0.15) is 49.9 Å². The van der Waals surface area contributed by atoms with Gasteiger partial charge in [-0.3, -0.25) is 19.3 Å². The Labute approximate surface area is 207 Å². The highest BCUT2D eigenvalue weighted by atomic mass is 16.2. The van der Waals surface area contributed by atoms with E-state index >= 15 is 0 Å². The Morgan fingerprint density at radius 2 is 1.69 bits per heavy atom. The third kappa shape index (κ3) is 3.51. The van der Waals surface area contributed by atoms with Gasteiger partial charge in [-0.05, 0) is 63.1 Å². The molecule has 1 unspecified atom stereocenters. The summed E-state index contributed by atoms with van der Waals surface area (Å²) >= 11 is 0. The number of fused-ring (bicyclic) bond motifs is 2. The average molecular weight is 479 g/mol. The van der Waals surface area contributed by atoms with Crippen molar-refractivity contribution >= 4 is 34.4 Å². The molecule has 2 aromatic carbocycles. The van der Waals surface area contributed by atoms with Gasteiger partial charge in [-0.15, -0.1) is 0 Å². The maximum Gasteiger partial charge on any atom is 0.262 e. The molecule has 1 atom stereocenters. The van der Waals surface area contributed by atoms with Crippen molar-refractivity contribution in [3.63, 3.8) is 0 Å². The number of hydrogen-bond acceptors (Lipinski definition) is 6. The van der Waals surface area contributed by atoms with Crippen LogP contribution >= 0.6 is 0 Å². The largest absolute Gasteiger partial charge is 0.308 e. The summed E-state index contributed by atoms with van der Waals surface area (Å²) in [5, 5.41) is 17.7. The lowest BCUT2D eigenvalue weighted by Crippen LogP contribution is -2.45. The van der Waals surface area contributed by atoms with Gasteiger partial charge in [0.2, 0.25) is 5.91 Å². The number of rotatable bonds is 4. The zero-order valence-electron chi connectivity index (χ0n) is 20.2. The van der Waals surface area contributed by atoms with Crippen molar-refractivity contribution in [2.75, 3.05) is 5.32 Å². The first-order chi connectivity index (χ1) is 17.2. The van der Waals surface area contributed by atoms with E-state index in [0.717, 1.165) is 32.5 Å². The maximum absolute atomic E-state index is 13.2. The lowest BCUT2D eigenvalue weighted by Gasteiger charge is -2.22. The van der Waals surface area contributed by atoms with Crippen LogP contribution in [0.5, 0.6) is 0 Å². The van der Waals surface area contributed by atoms with Crippen molar-refractivity contribution < 1.29 is 14.4 Å². The Balaban J connectivity index is 1.51. The summed E-state index contributed by atoms with van der Waals surface area (Å²) in [6.07, 6.45) is 1.34. The van der Waals surface area contributed by atoms with E-state index in [0.29, 0.717) is 5.82 Å². The molecule has 1 aliphatic rings. The molecular weight excluding hydrogens is 456 g/mol. The molecule has 3 heterocycles. The lowest BCUT2D eigenvalue weighted by molar-refractivity contribution is -0.119. The molecule has 1 N–H and O–H groups in total. The highest BCUT2D eigenvalue weighted by Gasteiger charge is 2.41. The Kier molecular flexibility index (Phi) is 5.37. The fourth-order valence-electron chi connectivity index (χ4n) is 4.56. The van der Waals surface area contributed by atoms with E-state index in [1.54, 1.807) is 24.3 Å². The maximum atomic E-state index is 13.2. The molecule has 0 aliphatic carbocycles. The third-order valence-corrected chi connectivity index (χ3v) is 6.38. The Morgan fingerprint density at radius 3 is 2.33 bits per heavy atom. The first-order valence-corrected chi connectivity index (χ1v) is 11.4. The van der Waals surface area contributed by atoms with Gasteiger partial charge in [0.1, 0.15) is 17.7 Å². The van der Waals surface area contributed by atoms with Gasteiger partial charge in [-0.1, -0.05) is 23.8 Å². The first-order valence-electron chi connectivity index (χ1n) is 11.4. The second kappa shape index (κ2) is 8.43. The molecule has 36 heavy (non-hydrogen) atoms. The van der Waals surface area contributed by atoms with Crippen molar-refractivity contribution in [1.82, 2.24) is 19.7 Å². The molecule has 5 rings (SSSR count). The standard InChI is InChI=1S/C27H22N6O3/c1-14-9-16(3)23-21(10-14)15(2)11-22(30-23)33-24(18(12-28)13-29-33)31-25(34)17(4)32-26(35)19-7-5-6-8-20(19)27(32)36/h5-11,13,17H,1-4H3,(H,31,34). The number of amides is 3. The average Bonchev–Trinajstić information content (AvgIpc) is 3.37. The minimum atomic E-state index is -1.12. The van der Waals surface area contributed by atoms with Crippen LogP contribution in [-0.2, 0) is 4.79 Å². The fraction of sp³-hybridized carbons (Fsp3) is 0.185. The molecule has 1 aliphatic heterocycles. The van der Waals surface area contributed by atoms with Gasteiger partial charge in [0.05, 0.1) is 22.8 Å². The topological polar surface area (TPSA) is 121 Å². The first kappa shape index (κ1) is 22.9. The van der Waals surface area contributed by atoms with Crippen LogP contribution in [0.25, 0.3) is 16.7 Å². The molecule has 0 spiro atoms. The number of benzene rings is 2. The van der Waals surface area contributed by atoms with Crippen LogP contribution in [-0.4, -0.2) is 43.4 Å². The van der Waals surface area contributed by atoms with Crippen molar-refractivity contribution in [3.8, 4) is 11.9 Å². The summed E-state index contributed by atoms with van der Waals surface area (Å²) in [7, 11) is 0. The number of anilines is 1. The number of aromatic nitrogens is 3. The van der Waals surface area contributed by atoms with Crippen molar-refractivity contribution in [2.45, 2.75) is 33.7 Å². The van der Waals surface area contributed by atoms with Gasteiger partial charge >= 0.3 is 0 Å². The second-order valence-corrected chi connectivity index (χ2v) is 8.90. The van der Waals surface area contributed by atoms with E-state index in [1.807, 2.05) is 39.0 Å². The third-order valence-electron chi connectivity index (χ3n) is 6.38. The van der Waals surface area contributed by atoms with Crippen LogP contribution in [0.4, 0.5) is 5.82 Å². The molecule has 0 radical (unpaired) electrons. The number of carbonyl (C=O) groups excluding carboxylic acids is 3. The number of nitrogens with zero attached hydrogens (tertiary/aromatic N) is 5. The van der Waals surface area contributed by atoms with Crippen LogP contribution in [0, 0.1) is 32.1 Å². The second-order valence-electron chi connectivity index (χ2n) is 8.90. The van der Waals surface area contributed by atoms with Gasteiger partial charge in [0.15, 0.2) is 11.6 Å². The molecule has 0 saturated carbocycles. The Hall–Kier alpha value is -4.84. The highest BCUT2D eigenvalue weighted by molar-refractivity contribution is 6.23. The number of aryl methyl sites for hydroxylation is 3. The number of imide groups is 1. The molecule has 0 saturated heterocycles. The molecule has 4 aromatic rings. The van der Waals surface area contributed by atoms with Gasteiger partial charge in [-0.25, -0.2) is 4.98 Å². The monoisotopic (exact) mass is 478 g/mol. The Bertz CT molecular complexity index is 1610. The fourth-order valence-corrected chi connectivity index (χ4v) is 4.56. The molecule has 9 heteroatoms. The van der Waals surface area contributed by atoms with Crippen LogP contribution in [0.2, 0.25) is 0 Å². The SMILES string of the molecule is Cc1cc(C)c2nc(-n3ncc(C#N)c3NC(=O)C(C)N3C(=O)c4ccccc4C3=O)cc(C)c2c1. The zero-order chi connectivity index (χ0) is 25.7. The highest BCUT2D eigenvalue weighted by Crippen LogP contribution is 2.28. The summed E-state index contributed by atoms with van der Waals surface area (Å²) in [6.45, 7) is 7.43. The van der Waals surface area contributed by atoms with Gasteiger partial charge in [-0.2, -0.15) is 15.0 Å². The predicted octanol–water partition coefficient (Wildman–Crippen LogP) is 3.84. The quantitative estimate of drug-likeness (QED) is 0.445. The molecule has 178 valence electrons. The summed E-state index contributed by atoms with van der Waals surface area (Å²) in [5.74, 6) is -1.17. The molecule has 0 fully saturated rings.